The number of hydrogen-bond donors (Lipinski definition) is 2. The first-order chi connectivity index (χ1) is 8.54. The molecular weight excluding hydrogens is 230 g/mol. The zero-order valence-corrected chi connectivity index (χ0v) is 10.3. The number of amides is 1. The number of carbonyl (C=O) groups is 2. The second-order valence-electron chi connectivity index (χ2n) is 3.71. The number of aromatic carboxylic acids is 1. The molecule has 0 radical (unpaired) electrons. The summed E-state index contributed by atoms with van der Waals surface area (Å²) in [7, 11) is 0. The maximum atomic E-state index is 11.5. The number of carboxylic acids is 1. The molecule has 4 heteroatoms. The number of allylic oxidation sites excluding steroid dienone is 3. The van der Waals surface area contributed by atoms with Crippen LogP contribution in [0, 0.1) is 6.92 Å². The van der Waals surface area contributed by atoms with Crippen molar-refractivity contribution >= 4 is 17.6 Å². The first kappa shape index (κ1) is 13.7. The highest BCUT2D eigenvalue weighted by Gasteiger charge is 2.07. The van der Waals surface area contributed by atoms with Crippen LogP contribution >= 0.6 is 0 Å². The van der Waals surface area contributed by atoms with Gasteiger partial charge in [-0.25, -0.2) is 4.79 Å². The number of aryl methyl sites for hydroxylation is 1. The number of benzene rings is 1. The van der Waals surface area contributed by atoms with Gasteiger partial charge in [0.25, 0.3) is 0 Å². The molecule has 1 aromatic carbocycles. The van der Waals surface area contributed by atoms with Gasteiger partial charge in [-0.3, -0.25) is 4.79 Å². The molecule has 0 unspecified atom stereocenters. The number of rotatable bonds is 4. The average Bonchev–Trinajstić information content (AvgIpc) is 2.28. The van der Waals surface area contributed by atoms with Crippen LogP contribution in [0.4, 0.5) is 5.69 Å². The molecule has 0 aliphatic rings. The van der Waals surface area contributed by atoms with E-state index in [2.05, 4.69) is 5.32 Å². The Bertz CT molecular complexity index is 516. The summed E-state index contributed by atoms with van der Waals surface area (Å²) in [6, 6.07) is 4.67. The van der Waals surface area contributed by atoms with Gasteiger partial charge in [-0.2, -0.15) is 0 Å². The quantitative estimate of drug-likeness (QED) is 0.633. The van der Waals surface area contributed by atoms with Crippen molar-refractivity contribution in [3.63, 3.8) is 0 Å². The lowest BCUT2D eigenvalue weighted by molar-refractivity contribution is -0.111. The summed E-state index contributed by atoms with van der Waals surface area (Å²) < 4.78 is 0. The Morgan fingerprint density at radius 1 is 1.28 bits per heavy atom. The van der Waals surface area contributed by atoms with Gasteiger partial charge in [0.1, 0.15) is 0 Å². The maximum Gasteiger partial charge on any atom is 0.335 e. The highest BCUT2D eigenvalue weighted by Crippen LogP contribution is 2.15. The van der Waals surface area contributed by atoms with Crippen molar-refractivity contribution in [2.45, 2.75) is 13.8 Å². The van der Waals surface area contributed by atoms with Gasteiger partial charge in [0.15, 0.2) is 0 Å². The minimum absolute atomic E-state index is 0.234. The molecule has 0 bridgehead atoms. The third-order valence-corrected chi connectivity index (χ3v) is 2.28. The minimum atomic E-state index is -0.974. The molecule has 0 aliphatic carbocycles. The molecule has 0 saturated heterocycles. The van der Waals surface area contributed by atoms with Crippen LogP contribution in [0.2, 0.25) is 0 Å². The number of hydrogen-bond acceptors (Lipinski definition) is 2. The van der Waals surface area contributed by atoms with Crippen LogP contribution in [0.3, 0.4) is 0 Å². The average molecular weight is 245 g/mol. The molecule has 0 atom stereocenters. The highest BCUT2D eigenvalue weighted by atomic mass is 16.4. The highest BCUT2D eigenvalue weighted by molar-refractivity contribution is 6.00. The van der Waals surface area contributed by atoms with Crippen molar-refractivity contribution < 1.29 is 14.7 Å². The lowest BCUT2D eigenvalue weighted by Crippen LogP contribution is -2.08. The van der Waals surface area contributed by atoms with Gasteiger partial charge < -0.3 is 10.4 Å². The SMILES string of the molecule is C/C=C/C=C/C(=O)Nc1ccc(C(=O)O)c(C)c1. The fourth-order valence-corrected chi connectivity index (χ4v) is 1.42. The zero-order valence-electron chi connectivity index (χ0n) is 10.3. The van der Waals surface area contributed by atoms with Gasteiger partial charge in [0.05, 0.1) is 5.56 Å². The van der Waals surface area contributed by atoms with E-state index in [4.69, 9.17) is 5.11 Å². The van der Waals surface area contributed by atoms with E-state index in [9.17, 15) is 9.59 Å². The van der Waals surface area contributed by atoms with E-state index < -0.39 is 5.97 Å². The molecule has 1 amide bonds. The molecule has 1 rings (SSSR count). The van der Waals surface area contributed by atoms with E-state index in [1.807, 2.05) is 13.0 Å². The molecule has 94 valence electrons. The Morgan fingerprint density at radius 2 is 2.00 bits per heavy atom. The molecule has 0 spiro atoms. The summed E-state index contributed by atoms with van der Waals surface area (Å²) >= 11 is 0. The second kappa shape index (κ2) is 6.39. The van der Waals surface area contributed by atoms with Gasteiger partial charge >= 0.3 is 5.97 Å². The van der Waals surface area contributed by atoms with Crippen LogP contribution in [0.15, 0.2) is 42.5 Å². The van der Waals surface area contributed by atoms with Crippen LogP contribution in [0.5, 0.6) is 0 Å². The van der Waals surface area contributed by atoms with Crippen molar-refractivity contribution in [2.24, 2.45) is 0 Å². The van der Waals surface area contributed by atoms with Crippen molar-refractivity contribution in [3.8, 4) is 0 Å². The van der Waals surface area contributed by atoms with Crippen molar-refractivity contribution in [1.29, 1.82) is 0 Å². The van der Waals surface area contributed by atoms with Gasteiger partial charge in [0.2, 0.25) is 5.91 Å². The van der Waals surface area contributed by atoms with E-state index in [-0.39, 0.29) is 11.5 Å². The van der Waals surface area contributed by atoms with Crippen molar-refractivity contribution in [2.75, 3.05) is 5.32 Å². The maximum absolute atomic E-state index is 11.5. The van der Waals surface area contributed by atoms with E-state index in [1.165, 1.54) is 12.1 Å². The Morgan fingerprint density at radius 3 is 2.56 bits per heavy atom. The van der Waals surface area contributed by atoms with E-state index in [0.717, 1.165) is 0 Å². The van der Waals surface area contributed by atoms with Crippen LogP contribution in [-0.2, 0) is 4.79 Å². The molecule has 0 fully saturated rings. The van der Waals surface area contributed by atoms with E-state index in [1.54, 1.807) is 31.2 Å². The molecular formula is C14H15NO3. The van der Waals surface area contributed by atoms with Crippen LogP contribution in [0.25, 0.3) is 0 Å². The molecule has 0 aromatic heterocycles. The summed E-state index contributed by atoms with van der Waals surface area (Å²) in [4.78, 5) is 22.3. The third-order valence-electron chi connectivity index (χ3n) is 2.28. The van der Waals surface area contributed by atoms with Gasteiger partial charge in [0, 0.05) is 11.8 Å². The normalized spacial score (nSPS) is 11.0. The number of carbonyl (C=O) groups excluding carboxylic acids is 1. The summed E-state index contributed by atoms with van der Waals surface area (Å²) in [5.74, 6) is -1.23. The molecule has 0 saturated carbocycles. The minimum Gasteiger partial charge on any atom is -0.478 e. The van der Waals surface area contributed by atoms with Gasteiger partial charge in [-0.1, -0.05) is 18.2 Å². The number of carboxylic acid groups (broad SMARTS) is 1. The molecule has 1 aromatic rings. The Balaban J connectivity index is 2.77. The monoisotopic (exact) mass is 245 g/mol. The van der Waals surface area contributed by atoms with Crippen molar-refractivity contribution in [1.82, 2.24) is 0 Å². The standard InChI is InChI=1S/C14H15NO3/c1-3-4-5-6-13(16)15-11-7-8-12(14(17)18)10(2)9-11/h3-9H,1-2H3,(H,15,16)(H,17,18)/b4-3+,6-5+. The lowest BCUT2D eigenvalue weighted by atomic mass is 10.1. The van der Waals surface area contributed by atoms with Crippen LogP contribution in [-0.4, -0.2) is 17.0 Å². The first-order valence-corrected chi connectivity index (χ1v) is 5.49. The Kier molecular flexibility index (Phi) is 4.87. The summed E-state index contributed by atoms with van der Waals surface area (Å²) in [6.07, 6.45) is 6.60. The predicted octanol–water partition coefficient (Wildman–Crippen LogP) is 2.76. The van der Waals surface area contributed by atoms with Gasteiger partial charge in [-0.05, 0) is 37.6 Å². The molecule has 18 heavy (non-hydrogen) atoms. The third kappa shape index (κ3) is 3.90. The largest absolute Gasteiger partial charge is 0.478 e. The zero-order chi connectivity index (χ0) is 13.5. The molecule has 0 heterocycles. The summed E-state index contributed by atoms with van der Waals surface area (Å²) in [6.45, 7) is 3.55. The van der Waals surface area contributed by atoms with E-state index in [0.29, 0.717) is 11.3 Å². The van der Waals surface area contributed by atoms with Gasteiger partial charge in [-0.15, -0.1) is 0 Å². The molecule has 0 aliphatic heterocycles. The topological polar surface area (TPSA) is 66.4 Å². The second-order valence-corrected chi connectivity index (χ2v) is 3.71. The Hall–Kier alpha value is -2.36. The molecule has 2 N–H and O–H groups in total. The number of anilines is 1. The first-order valence-electron chi connectivity index (χ1n) is 5.49. The molecule has 4 nitrogen and oxygen atoms in total. The van der Waals surface area contributed by atoms with Crippen molar-refractivity contribution in [3.05, 3.63) is 53.6 Å². The Labute approximate surface area is 106 Å². The van der Waals surface area contributed by atoms with E-state index >= 15 is 0 Å². The summed E-state index contributed by atoms with van der Waals surface area (Å²) in [5.41, 5.74) is 1.42. The number of nitrogens with one attached hydrogen (secondary N) is 1. The lowest BCUT2D eigenvalue weighted by Gasteiger charge is -2.05. The predicted molar refractivity (Wildman–Crippen MR) is 70.7 cm³/mol. The fourth-order valence-electron chi connectivity index (χ4n) is 1.42. The fraction of sp³-hybridized carbons (Fsp3) is 0.143. The van der Waals surface area contributed by atoms with Crippen LogP contribution in [0.1, 0.15) is 22.8 Å². The van der Waals surface area contributed by atoms with Crippen LogP contribution < -0.4 is 5.32 Å². The summed E-state index contributed by atoms with van der Waals surface area (Å²) in [5, 5.41) is 11.5. The smallest absolute Gasteiger partial charge is 0.335 e.